The molecule has 0 unspecified atom stereocenters. The third-order valence-corrected chi connectivity index (χ3v) is 4.77. The molecule has 0 rings (SSSR count). The molecule has 0 saturated carbocycles. The molecule has 0 spiro atoms. The number of aliphatic imine (C=N–C) groups is 1. The molecule has 4 atom stereocenters. The van der Waals surface area contributed by atoms with Crippen molar-refractivity contribution in [2.45, 2.75) is 57.3 Å². The Bertz CT molecular complexity index is 744. The number of carbonyl (C=O) groups excluding carboxylic acids is 3. The number of amides is 3. The van der Waals surface area contributed by atoms with Crippen LogP contribution in [0.5, 0.6) is 0 Å². The van der Waals surface area contributed by atoms with E-state index in [-0.39, 0.29) is 37.0 Å². The molecule has 0 fully saturated rings. The van der Waals surface area contributed by atoms with Crippen molar-refractivity contribution in [3.63, 3.8) is 0 Å². The highest BCUT2D eigenvalue weighted by molar-refractivity contribution is 7.80. The molecule has 188 valence electrons. The van der Waals surface area contributed by atoms with Gasteiger partial charge in [0, 0.05) is 12.3 Å². The summed E-state index contributed by atoms with van der Waals surface area (Å²) in [5, 5.41) is 25.2. The van der Waals surface area contributed by atoms with E-state index in [2.05, 4.69) is 33.6 Å². The number of nitrogens with zero attached hydrogens (tertiary/aromatic N) is 1. The molecule has 3 amide bonds. The number of hydrogen-bond donors (Lipinski definition) is 9. The van der Waals surface area contributed by atoms with Crippen LogP contribution < -0.4 is 33.2 Å². The lowest BCUT2D eigenvalue weighted by molar-refractivity contribution is -0.143. The number of carboxylic acids is 2. The van der Waals surface area contributed by atoms with E-state index >= 15 is 0 Å². The summed E-state index contributed by atoms with van der Waals surface area (Å²) in [5.74, 6) is -5.87. The molecule has 0 radical (unpaired) electrons. The van der Waals surface area contributed by atoms with E-state index in [0.717, 1.165) is 0 Å². The van der Waals surface area contributed by atoms with Crippen molar-refractivity contribution in [3.8, 4) is 0 Å². The molecule has 0 aromatic carbocycles. The standard InChI is InChI=1S/C18H33N7O7S/c1-8(2)13(19)16(30)24-10(6-12(26)27)14(28)25-11(7-33)15(29)23-9(17(31)32)4-3-5-22-18(20)21/h8-11,13,33H,3-7,19H2,1-2H3,(H,23,29)(H,24,30)(H,25,28)(H,26,27)(H,31,32)(H4,20,21,22)/t9-,10-,11-,13-/m0/s1. The molecule has 14 nitrogen and oxygen atoms in total. The first-order valence-electron chi connectivity index (χ1n) is 10.1. The number of aliphatic carboxylic acids is 2. The number of nitrogens with two attached hydrogens (primary N) is 3. The number of carboxylic acid groups (broad SMARTS) is 2. The monoisotopic (exact) mass is 491 g/mol. The minimum absolute atomic E-state index is 0.00980. The Morgan fingerprint density at radius 2 is 1.42 bits per heavy atom. The van der Waals surface area contributed by atoms with Crippen molar-refractivity contribution in [2.75, 3.05) is 12.3 Å². The summed E-state index contributed by atoms with van der Waals surface area (Å²) in [6, 6.07) is -5.07. The van der Waals surface area contributed by atoms with E-state index < -0.39 is 60.2 Å². The molecule has 0 bridgehead atoms. The molecule has 33 heavy (non-hydrogen) atoms. The summed E-state index contributed by atoms with van der Waals surface area (Å²) in [6.07, 6.45) is -0.489. The SMILES string of the molecule is CC(C)[C@H](N)C(=O)N[C@@H](CC(=O)O)C(=O)N[C@@H](CS)C(=O)N[C@@H](CCCN=C(N)N)C(=O)O. The molecule has 0 aromatic heterocycles. The third kappa shape index (κ3) is 11.9. The Hall–Kier alpha value is -3.07. The van der Waals surface area contributed by atoms with Gasteiger partial charge >= 0.3 is 11.9 Å². The van der Waals surface area contributed by atoms with Crippen molar-refractivity contribution >= 4 is 48.2 Å². The minimum atomic E-state index is -1.51. The Kier molecular flexibility index (Phi) is 13.5. The number of carbonyl (C=O) groups is 5. The van der Waals surface area contributed by atoms with Crippen LogP contribution in [0, 0.1) is 5.92 Å². The highest BCUT2D eigenvalue weighted by atomic mass is 32.1. The van der Waals surface area contributed by atoms with E-state index in [1.54, 1.807) is 13.8 Å². The van der Waals surface area contributed by atoms with Crippen LogP contribution in [-0.2, 0) is 24.0 Å². The zero-order valence-electron chi connectivity index (χ0n) is 18.5. The lowest BCUT2D eigenvalue weighted by Gasteiger charge is -2.24. The molecule has 0 aliphatic heterocycles. The van der Waals surface area contributed by atoms with Crippen LogP contribution >= 0.6 is 12.6 Å². The van der Waals surface area contributed by atoms with Crippen LogP contribution in [0.3, 0.4) is 0 Å². The van der Waals surface area contributed by atoms with Gasteiger partial charge in [-0.05, 0) is 18.8 Å². The predicted molar refractivity (Wildman–Crippen MR) is 122 cm³/mol. The van der Waals surface area contributed by atoms with Gasteiger partial charge in [-0.25, -0.2) is 4.79 Å². The fraction of sp³-hybridized carbons (Fsp3) is 0.667. The molecule has 0 aliphatic rings. The minimum Gasteiger partial charge on any atom is -0.481 e. The molecular weight excluding hydrogens is 458 g/mol. The van der Waals surface area contributed by atoms with Crippen LogP contribution in [0.25, 0.3) is 0 Å². The van der Waals surface area contributed by atoms with Crippen LogP contribution in [0.15, 0.2) is 4.99 Å². The van der Waals surface area contributed by atoms with Crippen LogP contribution in [-0.4, -0.2) is 82.3 Å². The van der Waals surface area contributed by atoms with E-state index in [0.29, 0.717) is 0 Å². The van der Waals surface area contributed by atoms with E-state index in [9.17, 15) is 29.1 Å². The van der Waals surface area contributed by atoms with Gasteiger partial charge in [-0.2, -0.15) is 12.6 Å². The largest absolute Gasteiger partial charge is 0.481 e. The zero-order chi connectivity index (χ0) is 25.7. The number of thiol groups is 1. The maximum atomic E-state index is 12.6. The summed E-state index contributed by atoms with van der Waals surface area (Å²) in [5.41, 5.74) is 16.1. The lowest BCUT2D eigenvalue weighted by atomic mass is 10.0. The van der Waals surface area contributed by atoms with Crippen molar-refractivity contribution < 1.29 is 34.2 Å². The number of nitrogens with one attached hydrogen (secondary N) is 3. The van der Waals surface area contributed by atoms with Gasteiger partial charge in [-0.3, -0.25) is 24.2 Å². The number of rotatable bonds is 15. The van der Waals surface area contributed by atoms with E-state index in [1.807, 2.05) is 0 Å². The van der Waals surface area contributed by atoms with Gasteiger partial charge in [0.15, 0.2) is 5.96 Å². The lowest BCUT2D eigenvalue weighted by Crippen LogP contribution is -2.58. The summed E-state index contributed by atoms with van der Waals surface area (Å²) in [7, 11) is 0. The number of guanidine groups is 1. The van der Waals surface area contributed by atoms with Gasteiger partial charge in [0.25, 0.3) is 0 Å². The third-order valence-electron chi connectivity index (χ3n) is 4.41. The first-order valence-corrected chi connectivity index (χ1v) is 10.7. The van der Waals surface area contributed by atoms with Gasteiger partial charge < -0.3 is 43.4 Å². The van der Waals surface area contributed by atoms with Crippen molar-refractivity contribution in [1.82, 2.24) is 16.0 Å². The molecule has 15 heteroatoms. The zero-order valence-corrected chi connectivity index (χ0v) is 19.4. The van der Waals surface area contributed by atoms with Crippen LogP contribution in [0.1, 0.15) is 33.1 Å². The smallest absolute Gasteiger partial charge is 0.326 e. The van der Waals surface area contributed by atoms with Gasteiger partial charge in [0.2, 0.25) is 17.7 Å². The summed E-state index contributed by atoms with van der Waals surface area (Å²) in [6.45, 7) is 3.51. The Morgan fingerprint density at radius 3 is 1.88 bits per heavy atom. The summed E-state index contributed by atoms with van der Waals surface area (Å²) < 4.78 is 0. The topological polar surface area (TPSA) is 252 Å². The Labute approximate surface area is 196 Å². The summed E-state index contributed by atoms with van der Waals surface area (Å²) in [4.78, 5) is 63.5. The fourth-order valence-electron chi connectivity index (χ4n) is 2.45. The van der Waals surface area contributed by atoms with E-state index in [4.69, 9.17) is 22.3 Å². The quantitative estimate of drug-likeness (QED) is 0.0484. The molecule has 0 aliphatic carbocycles. The van der Waals surface area contributed by atoms with Gasteiger partial charge in [-0.1, -0.05) is 13.8 Å². The summed E-state index contributed by atoms with van der Waals surface area (Å²) >= 11 is 3.99. The fourth-order valence-corrected chi connectivity index (χ4v) is 2.71. The maximum absolute atomic E-state index is 12.6. The van der Waals surface area contributed by atoms with Crippen molar-refractivity contribution in [2.24, 2.45) is 28.1 Å². The number of hydrogen-bond acceptors (Lipinski definition) is 8. The van der Waals surface area contributed by atoms with Gasteiger partial charge in [0.05, 0.1) is 12.5 Å². The first-order chi connectivity index (χ1) is 15.3. The molecule has 11 N–H and O–H groups in total. The average Bonchev–Trinajstić information content (AvgIpc) is 2.71. The first kappa shape index (κ1) is 29.9. The second kappa shape index (κ2) is 14.9. The Morgan fingerprint density at radius 1 is 0.909 bits per heavy atom. The van der Waals surface area contributed by atoms with Gasteiger partial charge in [-0.15, -0.1) is 0 Å². The van der Waals surface area contributed by atoms with Crippen LogP contribution in [0.4, 0.5) is 0 Å². The van der Waals surface area contributed by atoms with E-state index in [1.165, 1.54) is 0 Å². The predicted octanol–water partition coefficient (Wildman–Crippen LogP) is -3.03. The molecule has 0 heterocycles. The van der Waals surface area contributed by atoms with Crippen LogP contribution in [0.2, 0.25) is 0 Å². The second-order valence-corrected chi connectivity index (χ2v) is 7.89. The highest BCUT2D eigenvalue weighted by Crippen LogP contribution is 2.03. The molecule has 0 aromatic rings. The average molecular weight is 492 g/mol. The normalized spacial score (nSPS) is 14.3. The van der Waals surface area contributed by atoms with Crippen molar-refractivity contribution in [1.29, 1.82) is 0 Å². The highest BCUT2D eigenvalue weighted by Gasteiger charge is 2.31. The molecular formula is C18H33N7O7S. The second-order valence-electron chi connectivity index (χ2n) is 7.52. The molecule has 0 saturated heterocycles. The maximum Gasteiger partial charge on any atom is 0.326 e. The Balaban J connectivity index is 5.21. The van der Waals surface area contributed by atoms with Crippen molar-refractivity contribution in [3.05, 3.63) is 0 Å². The van der Waals surface area contributed by atoms with Gasteiger partial charge in [0.1, 0.15) is 18.1 Å².